The molecular formula is C14H13ClN4O. The minimum absolute atomic E-state index is 0.499. The van der Waals surface area contributed by atoms with E-state index in [0.29, 0.717) is 22.4 Å². The van der Waals surface area contributed by atoms with Gasteiger partial charge in [-0.3, -0.25) is 0 Å². The molecule has 0 aliphatic carbocycles. The number of nitrogens with zero attached hydrogens (tertiary/aromatic N) is 3. The van der Waals surface area contributed by atoms with Gasteiger partial charge in [0.2, 0.25) is 0 Å². The zero-order valence-electron chi connectivity index (χ0n) is 11.1. The number of rotatable bonds is 3. The van der Waals surface area contributed by atoms with Gasteiger partial charge in [0.25, 0.3) is 5.71 Å². The number of nitrogens with one attached hydrogen (secondary N) is 1. The summed E-state index contributed by atoms with van der Waals surface area (Å²) in [4.78, 5) is 8.70. The fraction of sp³-hybridized carbons (Fsp3) is 0.214. The van der Waals surface area contributed by atoms with Gasteiger partial charge in [0, 0.05) is 10.7 Å². The van der Waals surface area contributed by atoms with Crippen LogP contribution in [-0.2, 0) is 6.42 Å². The first-order valence-electron chi connectivity index (χ1n) is 6.33. The second-order valence-corrected chi connectivity index (χ2v) is 4.85. The summed E-state index contributed by atoms with van der Waals surface area (Å²) in [7, 11) is 0. The van der Waals surface area contributed by atoms with Crippen LogP contribution in [0.25, 0.3) is 11.1 Å². The van der Waals surface area contributed by atoms with Gasteiger partial charge in [0.15, 0.2) is 0 Å². The Morgan fingerprint density at radius 1 is 1.30 bits per heavy atom. The van der Waals surface area contributed by atoms with Crippen LogP contribution in [-0.4, -0.2) is 15.1 Å². The van der Waals surface area contributed by atoms with Gasteiger partial charge in [-0.25, -0.2) is 4.98 Å². The molecule has 0 aliphatic rings. The maximum atomic E-state index is 5.99. The van der Waals surface area contributed by atoms with E-state index in [1.54, 1.807) is 0 Å². The second kappa shape index (κ2) is 5.09. The van der Waals surface area contributed by atoms with E-state index in [1.165, 1.54) is 0 Å². The van der Waals surface area contributed by atoms with E-state index in [0.717, 1.165) is 23.2 Å². The average Bonchev–Trinajstić information content (AvgIpc) is 2.81. The Morgan fingerprint density at radius 3 is 2.90 bits per heavy atom. The lowest BCUT2D eigenvalue weighted by Gasteiger charge is -2.07. The van der Waals surface area contributed by atoms with Crippen molar-refractivity contribution in [2.75, 3.05) is 5.32 Å². The summed E-state index contributed by atoms with van der Waals surface area (Å²) in [6.07, 6.45) is 0.754. The van der Waals surface area contributed by atoms with Gasteiger partial charge in [-0.2, -0.15) is 4.98 Å². The first kappa shape index (κ1) is 12.9. The number of halogens is 1. The van der Waals surface area contributed by atoms with Crippen LogP contribution >= 0.6 is 11.6 Å². The maximum absolute atomic E-state index is 5.99. The molecule has 0 spiro atoms. The lowest BCUT2D eigenvalue weighted by molar-refractivity contribution is 0.439. The van der Waals surface area contributed by atoms with Gasteiger partial charge >= 0.3 is 0 Å². The van der Waals surface area contributed by atoms with Crippen molar-refractivity contribution < 1.29 is 4.52 Å². The van der Waals surface area contributed by atoms with Crippen LogP contribution < -0.4 is 5.32 Å². The van der Waals surface area contributed by atoms with Crippen LogP contribution in [0.4, 0.5) is 11.5 Å². The fourth-order valence-electron chi connectivity index (χ4n) is 2.05. The highest BCUT2D eigenvalue weighted by Crippen LogP contribution is 2.28. The number of aromatic nitrogens is 3. The Bertz CT molecular complexity index is 769. The average molecular weight is 289 g/mol. The molecule has 0 fully saturated rings. The standard InChI is InChI=1S/C14H13ClN4O/c1-3-11-12-13(16-8(2)17-14(12)20-19-11)18-10-6-4-5-9(15)7-10/h4-7H,3H2,1-2H3,(H,16,17,18). The van der Waals surface area contributed by atoms with Crippen LogP contribution in [0.3, 0.4) is 0 Å². The van der Waals surface area contributed by atoms with Crippen LogP contribution in [0.1, 0.15) is 18.4 Å². The molecule has 1 N–H and O–H groups in total. The van der Waals surface area contributed by atoms with Crippen molar-refractivity contribution in [1.29, 1.82) is 0 Å². The Kier molecular flexibility index (Phi) is 3.28. The second-order valence-electron chi connectivity index (χ2n) is 4.42. The van der Waals surface area contributed by atoms with Gasteiger partial charge in [0.05, 0.1) is 5.69 Å². The quantitative estimate of drug-likeness (QED) is 0.792. The third-order valence-corrected chi connectivity index (χ3v) is 3.18. The molecule has 20 heavy (non-hydrogen) atoms. The number of fused-ring (bicyclic) bond motifs is 1. The summed E-state index contributed by atoms with van der Waals surface area (Å²) in [5.74, 6) is 1.31. The summed E-state index contributed by atoms with van der Waals surface area (Å²) in [5, 5.41) is 8.77. The van der Waals surface area contributed by atoms with Crippen molar-refractivity contribution in [1.82, 2.24) is 15.1 Å². The summed E-state index contributed by atoms with van der Waals surface area (Å²) < 4.78 is 5.26. The van der Waals surface area contributed by atoms with Crippen molar-refractivity contribution in [2.45, 2.75) is 20.3 Å². The Balaban J connectivity index is 2.12. The number of hydrogen-bond donors (Lipinski definition) is 1. The summed E-state index contributed by atoms with van der Waals surface area (Å²) in [5.41, 5.74) is 2.20. The highest BCUT2D eigenvalue weighted by Gasteiger charge is 2.15. The molecule has 6 heteroatoms. The van der Waals surface area contributed by atoms with Gasteiger partial charge in [-0.05, 0) is 31.5 Å². The first-order chi connectivity index (χ1) is 9.67. The number of hydrogen-bond acceptors (Lipinski definition) is 5. The van der Waals surface area contributed by atoms with E-state index < -0.39 is 0 Å². The van der Waals surface area contributed by atoms with E-state index in [2.05, 4.69) is 20.4 Å². The number of aryl methyl sites for hydroxylation is 2. The van der Waals surface area contributed by atoms with E-state index in [-0.39, 0.29) is 0 Å². The van der Waals surface area contributed by atoms with Crippen molar-refractivity contribution in [3.63, 3.8) is 0 Å². The fourth-order valence-corrected chi connectivity index (χ4v) is 2.24. The molecule has 5 nitrogen and oxygen atoms in total. The smallest absolute Gasteiger partial charge is 0.263 e. The lowest BCUT2D eigenvalue weighted by atomic mass is 10.2. The minimum atomic E-state index is 0.499. The predicted octanol–water partition coefficient (Wildman–Crippen LogP) is 3.89. The molecule has 0 radical (unpaired) electrons. The lowest BCUT2D eigenvalue weighted by Crippen LogP contribution is -1.99. The first-order valence-corrected chi connectivity index (χ1v) is 6.70. The van der Waals surface area contributed by atoms with Crippen molar-refractivity contribution in [2.24, 2.45) is 0 Å². The normalized spacial score (nSPS) is 10.9. The highest BCUT2D eigenvalue weighted by molar-refractivity contribution is 6.30. The van der Waals surface area contributed by atoms with Gasteiger partial charge in [0.1, 0.15) is 17.0 Å². The Hall–Kier alpha value is -2.14. The molecule has 1 aromatic carbocycles. The monoisotopic (exact) mass is 288 g/mol. The molecule has 0 unspecified atom stereocenters. The molecule has 0 atom stereocenters. The zero-order valence-corrected chi connectivity index (χ0v) is 11.9. The minimum Gasteiger partial charge on any atom is -0.339 e. The molecule has 3 aromatic rings. The van der Waals surface area contributed by atoms with Crippen LogP contribution in [0.15, 0.2) is 28.8 Å². The molecule has 102 valence electrons. The van der Waals surface area contributed by atoms with Crippen molar-refractivity contribution in [3.8, 4) is 0 Å². The highest BCUT2D eigenvalue weighted by atomic mass is 35.5. The zero-order chi connectivity index (χ0) is 14.1. The van der Waals surface area contributed by atoms with Crippen molar-refractivity contribution >= 4 is 34.2 Å². The third kappa shape index (κ3) is 2.32. The molecule has 2 aromatic heterocycles. The van der Waals surface area contributed by atoms with Crippen LogP contribution in [0.5, 0.6) is 0 Å². The molecule has 0 amide bonds. The Morgan fingerprint density at radius 2 is 2.15 bits per heavy atom. The molecule has 2 heterocycles. The SMILES string of the molecule is CCc1noc2nc(C)nc(Nc3cccc(Cl)c3)c12. The Labute approximate surface area is 121 Å². The van der Waals surface area contributed by atoms with Crippen LogP contribution in [0, 0.1) is 6.92 Å². The van der Waals surface area contributed by atoms with E-state index in [1.807, 2.05) is 38.1 Å². The predicted molar refractivity (Wildman–Crippen MR) is 78.4 cm³/mol. The number of benzene rings is 1. The number of anilines is 2. The van der Waals surface area contributed by atoms with Gasteiger partial charge in [-0.15, -0.1) is 0 Å². The van der Waals surface area contributed by atoms with Crippen LogP contribution in [0.2, 0.25) is 5.02 Å². The van der Waals surface area contributed by atoms with Gasteiger partial charge in [-0.1, -0.05) is 29.7 Å². The van der Waals surface area contributed by atoms with Crippen molar-refractivity contribution in [3.05, 3.63) is 40.8 Å². The largest absolute Gasteiger partial charge is 0.339 e. The van der Waals surface area contributed by atoms with Gasteiger partial charge < -0.3 is 9.84 Å². The molecule has 3 rings (SSSR count). The third-order valence-electron chi connectivity index (χ3n) is 2.94. The van der Waals surface area contributed by atoms with E-state index in [4.69, 9.17) is 16.1 Å². The summed E-state index contributed by atoms with van der Waals surface area (Å²) in [6.45, 7) is 3.83. The molecule has 0 saturated heterocycles. The summed E-state index contributed by atoms with van der Waals surface area (Å²) in [6, 6.07) is 7.47. The maximum Gasteiger partial charge on any atom is 0.263 e. The molecule has 0 saturated carbocycles. The topological polar surface area (TPSA) is 63.8 Å². The molecular weight excluding hydrogens is 276 g/mol. The summed E-state index contributed by atoms with van der Waals surface area (Å²) >= 11 is 5.99. The van der Waals surface area contributed by atoms with E-state index in [9.17, 15) is 0 Å². The van der Waals surface area contributed by atoms with E-state index >= 15 is 0 Å². The molecule has 0 aliphatic heterocycles. The molecule has 0 bridgehead atoms.